The van der Waals surface area contributed by atoms with Gasteiger partial charge in [0.15, 0.2) is 0 Å². The molecule has 4 heteroatoms. The number of fused-ring (bicyclic) bond motifs is 12. The average Bonchev–Trinajstić information content (AvgIpc) is 1.59. The van der Waals surface area contributed by atoms with Gasteiger partial charge in [-0.25, -0.2) is 0 Å². The molecule has 0 amide bonds. The Morgan fingerprint density at radius 3 is 0.479 bits per heavy atom. The minimum absolute atomic E-state index is 1.13. The molecule has 4 nitrogen and oxygen atoms in total. The summed E-state index contributed by atoms with van der Waals surface area (Å²) in [5.74, 6) is 0. The fourth-order valence-corrected chi connectivity index (χ4v) is 21.6. The van der Waals surface area contributed by atoms with Crippen molar-refractivity contribution in [2.24, 2.45) is 0 Å². The van der Waals surface area contributed by atoms with Gasteiger partial charge in [0.1, 0.15) is 0 Å². The van der Waals surface area contributed by atoms with Crippen LogP contribution in [0, 0.1) is 0 Å². The number of benzene rings is 23. The van der Waals surface area contributed by atoms with Crippen molar-refractivity contribution in [1.82, 2.24) is 18.3 Å². The summed E-state index contributed by atoms with van der Waals surface area (Å²) < 4.78 is 9.66. The molecule has 0 fully saturated rings. The lowest BCUT2D eigenvalue weighted by molar-refractivity contribution is 1.18. The van der Waals surface area contributed by atoms with Crippen LogP contribution in [0.4, 0.5) is 0 Å². The van der Waals surface area contributed by atoms with Crippen molar-refractivity contribution >= 4 is 87.2 Å². The minimum Gasteiger partial charge on any atom is -0.309 e. The first-order valence-corrected chi connectivity index (χ1v) is 48.9. The SMILES string of the molecule is c1ccc(-c2cc(-c3ccccc3)cc(-c3ccc(-n4c5ccccc5c5cc(-c6ccc7c(c6)c6ccccc6n7-c6ccc(-c7cc(-c8ccccc8)cc(-c8ccccc8)c7)cc6)ccc54)cc3)c2)cc1.c1ccc(-c2cccc(-c3cccc(-n4c5ccccc5c5cc(-c6ccc7c(c6)c6ccccc6n7-c6ccc(-c7cc(-c8ccccc8)cc(-c8ccccc8)c7)cc6)ccc54)c3)c2)cc1. The Morgan fingerprint density at radius 1 is 0.0775 bits per heavy atom. The quantitative estimate of drug-likeness (QED) is 0.0866. The van der Waals surface area contributed by atoms with Crippen LogP contribution in [-0.2, 0) is 0 Å². The van der Waals surface area contributed by atoms with Gasteiger partial charge in [0.05, 0.1) is 44.1 Å². The monoisotopic (exact) mass is 1800 g/mol. The summed E-state index contributed by atoms with van der Waals surface area (Å²) in [6.07, 6.45) is 0. The summed E-state index contributed by atoms with van der Waals surface area (Å²) in [4.78, 5) is 0. The van der Waals surface area contributed by atoms with Crippen LogP contribution in [0.25, 0.3) is 255 Å². The van der Waals surface area contributed by atoms with E-state index in [9.17, 15) is 0 Å². The molecule has 0 saturated heterocycles. The zero-order valence-electron chi connectivity index (χ0n) is 77.9. The molecule has 0 N–H and O–H groups in total. The molecule has 0 aliphatic heterocycles. The number of para-hydroxylation sites is 4. The molecule has 27 rings (SSSR count). The van der Waals surface area contributed by atoms with E-state index in [1.54, 1.807) is 0 Å². The largest absolute Gasteiger partial charge is 0.309 e. The number of nitrogens with zero attached hydrogens (tertiary/aromatic N) is 4. The Bertz CT molecular complexity index is 8990. The van der Waals surface area contributed by atoms with Crippen molar-refractivity contribution < 1.29 is 0 Å². The smallest absolute Gasteiger partial charge is 0.0541 e. The van der Waals surface area contributed by atoms with E-state index in [4.69, 9.17) is 0 Å². The highest BCUT2D eigenvalue weighted by molar-refractivity contribution is 6.15. The Labute approximate surface area is 825 Å². The third kappa shape index (κ3) is 15.6. The Hall–Kier alpha value is -18.7. The molecule has 0 spiro atoms. The van der Waals surface area contributed by atoms with Crippen LogP contribution in [-0.4, -0.2) is 18.3 Å². The van der Waals surface area contributed by atoms with Gasteiger partial charge in [-0.3, -0.25) is 0 Å². The zero-order chi connectivity index (χ0) is 93.9. The van der Waals surface area contributed by atoms with Crippen LogP contribution in [0.2, 0.25) is 0 Å². The van der Waals surface area contributed by atoms with E-state index in [2.05, 4.69) is 576 Å². The van der Waals surface area contributed by atoms with Crippen LogP contribution in [0.1, 0.15) is 0 Å². The van der Waals surface area contributed by atoms with Gasteiger partial charge in [-0.05, 0) is 327 Å². The minimum atomic E-state index is 1.13. The predicted octanol–water partition coefficient (Wildman–Crippen LogP) is 37.4. The van der Waals surface area contributed by atoms with Crippen LogP contribution in [0.15, 0.2) is 558 Å². The highest BCUT2D eigenvalue weighted by atomic mass is 15.0. The summed E-state index contributed by atoms with van der Waals surface area (Å²) in [5.41, 5.74) is 45.3. The van der Waals surface area contributed by atoms with Gasteiger partial charge in [0, 0.05) is 65.8 Å². The van der Waals surface area contributed by atoms with Crippen LogP contribution >= 0.6 is 0 Å². The van der Waals surface area contributed by atoms with Crippen LogP contribution in [0.5, 0.6) is 0 Å². The van der Waals surface area contributed by atoms with Gasteiger partial charge in [-0.15, -0.1) is 0 Å². The second-order valence-corrected chi connectivity index (χ2v) is 37.1. The highest BCUT2D eigenvalue weighted by Gasteiger charge is 2.23. The lowest BCUT2D eigenvalue weighted by Crippen LogP contribution is -1.94. The second-order valence-electron chi connectivity index (χ2n) is 37.1. The summed E-state index contributed by atoms with van der Waals surface area (Å²) in [5, 5.41) is 9.90. The normalized spacial score (nSPS) is 11.5. The first kappa shape index (κ1) is 83.8. The van der Waals surface area contributed by atoms with Crippen LogP contribution < -0.4 is 0 Å². The summed E-state index contributed by atoms with van der Waals surface area (Å²) >= 11 is 0. The number of hydrogen-bond acceptors (Lipinski definition) is 0. The number of hydrogen-bond donors (Lipinski definition) is 0. The second kappa shape index (κ2) is 36.1. The van der Waals surface area contributed by atoms with E-state index in [1.165, 1.54) is 232 Å². The summed E-state index contributed by atoms with van der Waals surface area (Å²) in [6, 6.07) is 204. The molecular weight excluding hydrogens is 1710 g/mol. The van der Waals surface area contributed by atoms with Gasteiger partial charge >= 0.3 is 0 Å². The molecule has 0 bridgehead atoms. The molecular formula is C138H92N4. The fourth-order valence-electron chi connectivity index (χ4n) is 21.6. The molecule has 0 aliphatic carbocycles. The predicted molar refractivity (Wildman–Crippen MR) is 601 cm³/mol. The first-order chi connectivity index (χ1) is 70.4. The lowest BCUT2D eigenvalue weighted by atomic mass is 9.93. The maximum absolute atomic E-state index is 2.42. The van der Waals surface area contributed by atoms with Gasteiger partial charge in [-0.1, -0.05) is 376 Å². The third-order valence-corrected chi connectivity index (χ3v) is 28.6. The number of aromatic nitrogens is 4. The molecule has 0 saturated carbocycles. The Kier molecular flexibility index (Phi) is 21.3. The molecule has 0 atom stereocenters. The van der Waals surface area contributed by atoms with Crippen molar-refractivity contribution in [3.05, 3.63) is 558 Å². The maximum Gasteiger partial charge on any atom is 0.0541 e. The number of rotatable bonds is 17. The average molecular weight is 1810 g/mol. The van der Waals surface area contributed by atoms with E-state index in [-0.39, 0.29) is 0 Å². The fraction of sp³-hybridized carbons (Fsp3) is 0. The standard InChI is InChI=1S/C72H48N2.C66H44N2/c1-5-17-49(18-6-1)57-41-58(50-19-7-2-8-20-50)44-61(43-57)53-29-35-63(36-30-53)73-69-27-15-13-25-65(69)67-47-55(33-39-71(67)73)56-34-40-72-68(48-56)66-26-14-16-28-70(66)74(72)64-37-31-54(32-38-64)62-45-59(51-21-9-3-10-22-51)42-60(46-62)52-23-11-4-12-24-52;1-4-16-45(17-5-1)49-22-14-23-50(38-49)51-24-15-25-58(42-51)68-64-29-13-11-27-60(64)62-44-53(33-37-66(62)68)52-32-36-65-61(43-52)59-26-10-12-28-63(59)67(65)57-34-30-48(31-35-57)56-40-54(46-18-6-2-7-19-46)39-55(41-56)47-20-8-3-9-21-47/h1-48H;1-44H. The molecule has 142 heavy (non-hydrogen) atoms. The van der Waals surface area contributed by atoms with Gasteiger partial charge < -0.3 is 18.3 Å². The van der Waals surface area contributed by atoms with Gasteiger partial charge in [-0.2, -0.15) is 0 Å². The molecule has 0 radical (unpaired) electrons. The topological polar surface area (TPSA) is 19.7 Å². The molecule has 4 heterocycles. The van der Waals surface area contributed by atoms with Crippen LogP contribution in [0.3, 0.4) is 0 Å². The van der Waals surface area contributed by atoms with E-state index in [1.807, 2.05) is 0 Å². The highest BCUT2D eigenvalue weighted by Crippen LogP contribution is 2.46. The molecule has 27 aromatic rings. The summed E-state index contributed by atoms with van der Waals surface area (Å²) in [7, 11) is 0. The van der Waals surface area contributed by atoms with Crippen molar-refractivity contribution in [2.45, 2.75) is 0 Å². The molecule has 0 unspecified atom stereocenters. The van der Waals surface area contributed by atoms with Gasteiger partial charge in [0.25, 0.3) is 0 Å². The molecule has 0 aliphatic rings. The van der Waals surface area contributed by atoms with E-state index >= 15 is 0 Å². The lowest BCUT2D eigenvalue weighted by Gasteiger charge is -2.13. The zero-order valence-corrected chi connectivity index (χ0v) is 77.9. The van der Waals surface area contributed by atoms with Crippen molar-refractivity contribution in [1.29, 1.82) is 0 Å². The van der Waals surface area contributed by atoms with Gasteiger partial charge in [0.2, 0.25) is 0 Å². The van der Waals surface area contributed by atoms with E-state index in [0.717, 1.165) is 22.7 Å². The maximum atomic E-state index is 2.42. The van der Waals surface area contributed by atoms with Crippen molar-refractivity contribution in [3.63, 3.8) is 0 Å². The van der Waals surface area contributed by atoms with E-state index in [0.29, 0.717) is 0 Å². The molecule has 23 aromatic carbocycles. The Balaban J connectivity index is 0.000000146. The Morgan fingerprint density at radius 2 is 0.232 bits per heavy atom. The summed E-state index contributed by atoms with van der Waals surface area (Å²) in [6.45, 7) is 0. The van der Waals surface area contributed by atoms with E-state index < -0.39 is 0 Å². The molecule has 4 aromatic heterocycles. The third-order valence-electron chi connectivity index (χ3n) is 28.6. The van der Waals surface area contributed by atoms with Crippen molar-refractivity contribution in [2.75, 3.05) is 0 Å². The van der Waals surface area contributed by atoms with Crippen molar-refractivity contribution in [3.8, 4) is 167 Å². The molecule has 664 valence electrons. The first-order valence-electron chi connectivity index (χ1n) is 48.9.